The van der Waals surface area contributed by atoms with Gasteiger partial charge in [-0.05, 0) is 63.9 Å². The number of alkyl halides is 3. The summed E-state index contributed by atoms with van der Waals surface area (Å²) in [7, 11) is 3.38. The van der Waals surface area contributed by atoms with E-state index in [0.29, 0.717) is 58.6 Å². The van der Waals surface area contributed by atoms with Crippen LogP contribution in [0.2, 0.25) is 0 Å². The van der Waals surface area contributed by atoms with E-state index in [4.69, 9.17) is 0 Å². The van der Waals surface area contributed by atoms with Crippen molar-refractivity contribution in [3.05, 3.63) is 88.9 Å². The standard InChI is InChI=1S/C42H46F5N7O2/c1-6-53(7-2)27-15-13-26(14-16-27)48-17-9-12-35(55)50-37-32(43)20-25(21-33(37)44)41(56)30-23-54-19-18-51(4)40-36(29-11-8-10-28(30)39(29)54)31(42(45,46)47)22-34-38(40)49-24(3)52(34)5/h8-12,20-23,26-27,48H,6-7,13-19H2,1-5H3,(H,50,55)/b12-9+. The number of aryl methyl sites for hydroxylation is 2. The van der Waals surface area contributed by atoms with Crippen LogP contribution in [-0.2, 0) is 24.6 Å². The normalized spacial score (nSPS) is 17.5. The summed E-state index contributed by atoms with van der Waals surface area (Å²) >= 11 is 0. The fourth-order valence-electron chi connectivity index (χ4n) is 8.51. The van der Waals surface area contributed by atoms with Crippen LogP contribution in [0.25, 0.3) is 33.1 Å². The Hall–Kier alpha value is -5.08. The highest BCUT2D eigenvalue weighted by molar-refractivity contribution is 6.19. The zero-order valence-electron chi connectivity index (χ0n) is 32.2. The van der Waals surface area contributed by atoms with Crippen LogP contribution in [0, 0.1) is 18.6 Å². The maximum Gasteiger partial charge on any atom is 0.417 e. The van der Waals surface area contributed by atoms with Gasteiger partial charge in [0.15, 0.2) is 5.78 Å². The molecule has 2 aromatic heterocycles. The van der Waals surface area contributed by atoms with Crippen LogP contribution in [0.15, 0.2) is 54.7 Å². The number of fused-ring (bicyclic) bond motifs is 4. The number of hydrogen-bond acceptors (Lipinski definition) is 6. The van der Waals surface area contributed by atoms with Gasteiger partial charge in [-0.15, -0.1) is 0 Å². The van der Waals surface area contributed by atoms with E-state index >= 15 is 8.78 Å². The van der Waals surface area contributed by atoms with Crippen LogP contribution in [0.3, 0.4) is 0 Å². The highest BCUT2D eigenvalue weighted by Gasteiger charge is 2.39. The summed E-state index contributed by atoms with van der Waals surface area (Å²) in [6.45, 7) is 9.15. The van der Waals surface area contributed by atoms with Gasteiger partial charge < -0.3 is 29.6 Å². The Morgan fingerprint density at radius 3 is 2.36 bits per heavy atom. The number of nitrogens with zero attached hydrogens (tertiary/aromatic N) is 5. The second-order valence-electron chi connectivity index (χ2n) is 14.8. The van der Waals surface area contributed by atoms with Crippen molar-refractivity contribution in [1.29, 1.82) is 0 Å². The van der Waals surface area contributed by atoms with Crippen LogP contribution >= 0.6 is 0 Å². The Kier molecular flexibility index (Phi) is 10.8. The van der Waals surface area contributed by atoms with Gasteiger partial charge in [0.25, 0.3) is 0 Å². The summed E-state index contributed by atoms with van der Waals surface area (Å²) in [5.41, 5.74) is -0.0932. The van der Waals surface area contributed by atoms with Crippen LogP contribution in [0.4, 0.5) is 33.3 Å². The number of rotatable bonds is 10. The molecular weight excluding hydrogens is 729 g/mol. The van der Waals surface area contributed by atoms with Gasteiger partial charge in [0.2, 0.25) is 5.91 Å². The van der Waals surface area contributed by atoms with Crippen LogP contribution < -0.4 is 15.5 Å². The zero-order valence-corrected chi connectivity index (χ0v) is 32.2. The predicted molar refractivity (Wildman–Crippen MR) is 209 cm³/mol. The summed E-state index contributed by atoms with van der Waals surface area (Å²) in [6, 6.07) is 8.52. The summed E-state index contributed by atoms with van der Waals surface area (Å²) in [5, 5.41) is 6.01. The summed E-state index contributed by atoms with van der Waals surface area (Å²) < 4.78 is 78.9. The average molecular weight is 776 g/mol. The number of aromatic nitrogens is 3. The van der Waals surface area contributed by atoms with E-state index in [2.05, 4.69) is 34.4 Å². The van der Waals surface area contributed by atoms with E-state index in [1.165, 1.54) is 12.3 Å². The molecule has 7 rings (SSSR count). The molecule has 1 aliphatic carbocycles. The smallest absolute Gasteiger partial charge is 0.370 e. The number of imidazole rings is 1. The molecule has 2 N–H and O–H groups in total. The molecule has 9 nitrogen and oxygen atoms in total. The molecule has 5 aromatic rings. The fourth-order valence-corrected chi connectivity index (χ4v) is 8.51. The molecule has 14 heteroatoms. The second-order valence-corrected chi connectivity index (χ2v) is 14.8. The van der Waals surface area contributed by atoms with Gasteiger partial charge in [-0.25, -0.2) is 13.8 Å². The summed E-state index contributed by atoms with van der Waals surface area (Å²) in [5.74, 6) is -3.17. The van der Waals surface area contributed by atoms with Crippen molar-refractivity contribution < 1.29 is 31.5 Å². The number of likely N-dealkylation sites (N-methyl/N-ethyl adjacent to an activating group) is 1. The third-order valence-corrected chi connectivity index (χ3v) is 11.5. The van der Waals surface area contributed by atoms with Crippen LogP contribution in [0.1, 0.15) is 66.8 Å². The van der Waals surface area contributed by atoms with Crippen molar-refractivity contribution in [2.24, 2.45) is 7.05 Å². The first-order chi connectivity index (χ1) is 26.7. The van der Waals surface area contributed by atoms with Crippen molar-refractivity contribution in [3.8, 4) is 11.1 Å². The highest BCUT2D eigenvalue weighted by atomic mass is 19.4. The Morgan fingerprint density at radius 2 is 1.70 bits per heavy atom. The first kappa shape index (κ1) is 39.2. The number of carbonyl (C=O) groups excluding carboxylic acids is 2. The minimum atomic E-state index is -4.72. The SMILES string of the molecule is CCN(CC)C1CCC(NC/C=C/C(=O)Nc2c(F)cc(C(=O)c3cn4c5c(cccc35)-c3c(C(F)(F)F)cc5c(nc(C)n5C)c3N(C)CC4)cc2F)CC1. The third kappa shape index (κ3) is 7.20. The first-order valence-electron chi connectivity index (χ1n) is 19.1. The van der Waals surface area contributed by atoms with Gasteiger partial charge >= 0.3 is 6.18 Å². The van der Waals surface area contributed by atoms with Crippen LogP contribution in [-0.4, -0.2) is 76.0 Å². The molecule has 3 aromatic carbocycles. The molecule has 0 saturated heterocycles. The van der Waals surface area contributed by atoms with E-state index in [9.17, 15) is 22.8 Å². The number of hydrogen-bond donors (Lipinski definition) is 2. The van der Waals surface area contributed by atoms with E-state index in [1.807, 2.05) is 0 Å². The van der Waals surface area contributed by atoms with E-state index in [-0.39, 0.29) is 28.8 Å². The lowest BCUT2D eigenvalue weighted by atomic mass is 9.90. The lowest BCUT2D eigenvalue weighted by molar-refractivity contribution is -0.137. The molecule has 1 saturated carbocycles. The molecular formula is C42H46F5N7O2. The van der Waals surface area contributed by atoms with Gasteiger partial charge in [-0.2, -0.15) is 13.2 Å². The summed E-state index contributed by atoms with van der Waals surface area (Å²) in [6.07, 6.45) is 3.89. The second kappa shape index (κ2) is 15.5. The molecule has 56 heavy (non-hydrogen) atoms. The van der Waals surface area contributed by atoms with Crippen molar-refractivity contribution in [2.45, 2.75) is 71.3 Å². The molecule has 1 amide bonds. The Bertz CT molecular complexity index is 2330. The van der Waals surface area contributed by atoms with Gasteiger partial charge in [0.05, 0.1) is 22.3 Å². The van der Waals surface area contributed by atoms with E-state index in [0.717, 1.165) is 57.0 Å². The molecule has 0 unspecified atom stereocenters. The Balaban J connectivity index is 1.13. The number of ketones is 1. The molecule has 2 aliphatic rings. The molecule has 0 spiro atoms. The maximum absolute atomic E-state index is 15.4. The number of nitrogens with one attached hydrogen (secondary N) is 2. The van der Waals surface area contributed by atoms with Gasteiger partial charge in [0.1, 0.15) is 28.7 Å². The van der Waals surface area contributed by atoms with Crippen LogP contribution in [0.5, 0.6) is 0 Å². The quantitative estimate of drug-likeness (QED) is 0.0846. The minimum absolute atomic E-state index is 0.0609. The Morgan fingerprint density at radius 1 is 1.00 bits per heavy atom. The topological polar surface area (TPSA) is 87.4 Å². The number of carbonyl (C=O) groups is 2. The highest BCUT2D eigenvalue weighted by Crippen LogP contribution is 2.49. The average Bonchev–Trinajstić information content (AvgIpc) is 3.68. The molecule has 3 heterocycles. The van der Waals surface area contributed by atoms with E-state index < -0.39 is 40.8 Å². The van der Waals surface area contributed by atoms with Gasteiger partial charge in [-0.3, -0.25) is 9.59 Å². The van der Waals surface area contributed by atoms with Crippen molar-refractivity contribution in [2.75, 3.05) is 43.4 Å². The lowest BCUT2D eigenvalue weighted by Gasteiger charge is -2.36. The van der Waals surface area contributed by atoms with Gasteiger partial charge in [-0.1, -0.05) is 38.1 Å². The number of benzene rings is 3. The molecule has 0 atom stereocenters. The summed E-state index contributed by atoms with van der Waals surface area (Å²) in [4.78, 5) is 35.5. The lowest BCUT2D eigenvalue weighted by Crippen LogP contribution is -2.42. The van der Waals surface area contributed by atoms with Crippen molar-refractivity contribution in [1.82, 2.24) is 24.3 Å². The van der Waals surface area contributed by atoms with Gasteiger partial charge in [0, 0.05) is 85.7 Å². The first-order valence-corrected chi connectivity index (χ1v) is 19.1. The number of halogens is 5. The predicted octanol–water partition coefficient (Wildman–Crippen LogP) is 8.22. The number of amides is 1. The monoisotopic (exact) mass is 775 g/mol. The molecule has 296 valence electrons. The largest absolute Gasteiger partial charge is 0.417 e. The van der Waals surface area contributed by atoms with E-state index in [1.54, 1.807) is 59.3 Å². The fraction of sp³-hybridized carbons (Fsp3) is 0.405. The maximum atomic E-state index is 15.4. The molecule has 0 bridgehead atoms. The minimum Gasteiger partial charge on any atom is -0.370 e. The molecule has 1 fully saturated rings. The molecule has 0 radical (unpaired) electrons. The third-order valence-electron chi connectivity index (χ3n) is 11.5. The number of anilines is 2. The zero-order chi connectivity index (χ0) is 40.1. The number of para-hydroxylation sites is 1. The van der Waals surface area contributed by atoms with Crippen molar-refractivity contribution >= 4 is 45.0 Å². The van der Waals surface area contributed by atoms with Crippen molar-refractivity contribution in [3.63, 3.8) is 0 Å². The Labute approximate surface area is 322 Å². The molecule has 1 aliphatic heterocycles.